The second kappa shape index (κ2) is 6.15. The molecule has 2 fully saturated rings. The fourth-order valence-electron chi connectivity index (χ4n) is 4.97. The van der Waals surface area contributed by atoms with E-state index in [0.717, 1.165) is 22.7 Å². The zero-order valence-corrected chi connectivity index (χ0v) is 16.3. The molecule has 1 aromatic heterocycles. The molecule has 0 spiro atoms. The number of hydrogen-bond acceptors (Lipinski definition) is 3. The van der Waals surface area contributed by atoms with Gasteiger partial charge in [0.1, 0.15) is 10.8 Å². The van der Waals surface area contributed by atoms with Crippen LogP contribution in [0.15, 0.2) is 29.6 Å². The van der Waals surface area contributed by atoms with E-state index in [1.807, 2.05) is 11.4 Å². The summed E-state index contributed by atoms with van der Waals surface area (Å²) >= 11 is 1.45. The van der Waals surface area contributed by atoms with Crippen molar-refractivity contribution in [2.24, 2.45) is 16.7 Å². The van der Waals surface area contributed by atoms with Gasteiger partial charge in [-0.1, -0.05) is 32.9 Å². The SMILES string of the molecule is CC1(C)C2CCC1(C)C(NC(=O)Cc1csc(-c3cccc(F)c3)n1)C2. The highest BCUT2D eigenvalue weighted by atomic mass is 32.1. The average molecular weight is 373 g/mol. The highest BCUT2D eigenvalue weighted by molar-refractivity contribution is 7.13. The topological polar surface area (TPSA) is 42.0 Å². The van der Waals surface area contributed by atoms with Crippen molar-refractivity contribution in [1.82, 2.24) is 10.3 Å². The number of nitrogens with one attached hydrogen (secondary N) is 1. The van der Waals surface area contributed by atoms with Crippen LogP contribution in [0.25, 0.3) is 10.6 Å². The molecule has 1 N–H and O–H groups in total. The number of amides is 1. The van der Waals surface area contributed by atoms with E-state index >= 15 is 0 Å². The maximum absolute atomic E-state index is 13.4. The predicted molar refractivity (Wildman–Crippen MR) is 102 cm³/mol. The number of nitrogens with zero attached hydrogens (tertiary/aromatic N) is 1. The molecule has 0 saturated heterocycles. The minimum absolute atomic E-state index is 0.0377. The number of halogens is 1. The number of carbonyl (C=O) groups is 1. The third-order valence-electron chi connectivity index (χ3n) is 7.09. The lowest BCUT2D eigenvalue weighted by atomic mass is 9.69. The summed E-state index contributed by atoms with van der Waals surface area (Å²) in [6.45, 7) is 7.03. The van der Waals surface area contributed by atoms with Crippen molar-refractivity contribution < 1.29 is 9.18 Å². The lowest BCUT2D eigenvalue weighted by Gasteiger charge is -2.39. The summed E-state index contributed by atoms with van der Waals surface area (Å²) in [6, 6.07) is 6.66. The Morgan fingerprint density at radius 3 is 2.85 bits per heavy atom. The van der Waals surface area contributed by atoms with Crippen molar-refractivity contribution in [2.45, 2.75) is 52.5 Å². The molecule has 1 aromatic carbocycles. The molecule has 2 saturated carbocycles. The van der Waals surface area contributed by atoms with Crippen LogP contribution in [0.4, 0.5) is 4.39 Å². The number of fused-ring (bicyclic) bond motifs is 2. The number of benzene rings is 1. The van der Waals surface area contributed by atoms with Gasteiger partial charge in [-0.2, -0.15) is 0 Å². The fraction of sp³-hybridized carbons (Fsp3) is 0.524. The van der Waals surface area contributed by atoms with Crippen molar-refractivity contribution in [3.8, 4) is 10.6 Å². The van der Waals surface area contributed by atoms with Gasteiger partial charge in [0.2, 0.25) is 5.91 Å². The van der Waals surface area contributed by atoms with E-state index in [-0.39, 0.29) is 35.0 Å². The first kappa shape index (κ1) is 17.7. The monoisotopic (exact) mass is 372 g/mol. The van der Waals surface area contributed by atoms with Crippen molar-refractivity contribution in [3.05, 3.63) is 41.2 Å². The van der Waals surface area contributed by atoms with Crippen molar-refractivity contribution in [2.75, 3.05) is 0 Å². The Balaban J connectivity index is 1.42. The summed E-state index contributed by atoms with van der Waals surface area (Å²) < 4.78 is 13.4. The summed E-state index contributed by atoms with van der Waals surface area (Å²) in [6.07, 6.45) is 3.83. The summed E-state index contributed by atoms with van der Waals surface area (Å²) in [4.78, 5) is 17.1. The minimum Gasteiger partial charge on any atom is -0.352 e. The van der Waals surface area contributed by atoms with Crippen molar-refractivity contribution in [3.63, 3.8) is 0 Å². The molecule has 3 nitrogen and oxygen atoms in total. The molecule has 2 bridgehead atoms. The van der Waals surface area contributed by atoms with Crippen LogP contribution in [0.2, 0.25) is 0 Å². The van der Waals surface area contributed by atoms with Gasteiger partial charge >= 0.3 is 0 Å². The van der Waals surface area contributed by atoms with E-state index in [2.05, 4.69) is 31.1 Å². The van der Waals surface area contributed by atoms with E-state index in [4.69, 9.17) is 0 Å². The quantitative estimate of drug-likeness (QED) is 0.836. The molecular formula is C21H25FN2OS. The number of carbonyl (C=O) groups excluding carboxylic acids is 1. The van der Waals surface area contributed by atoms with Gasteiger partial charge in [-0.3, -0.25) is 4.79 Å². The van der Waals surface area contributed by atoms with Gasteiger partial charge in [-0.05, 0) is 48.1 Å². The molecule has 0 aliphatic heterocycles. The predicted octanol–water partition coefficient (Wildman–Crippen LogP) is 4.82. The molecule has 138 valence electrons. The van der Waals surface area contributed by atoms with Crippen molar-refractivity contribution in [1.29, 1.82) is 0 Å². The van der Waals surface area contributed by atoms with Gasteiger partial charge in [0.05, 0.1) is 12.1 Å². The van der Waals surface area contributed by atoms with Gasteiger partial charge in [0, 0.05) is 17.0 Å². The van der Waals surface area contributed by atoms with Crippen LogP contribution in [0.3, 0.4) is 0 Å². The fourth-order valence-corrected chi connectivity index (χ4v) is 5.79. The highest BCUT2D eigenvalue weighted by Crippen LogP contribution is 2.65. The number of hydrogen-bond donors (Lipinski definition) is 1. The number of aromatic nitrogens is 1. The first-order valence-corrected chi connectivity index (χ1v) is 10.2. The van der Waals surface area contributed by atoms with Crippen LogP contribution in [-0.2, 0) is 11.2 Å². The van der Waals surface area contributed by atoms with Crippen LogP contribution in [0.1, 0.15) is 45.7 Å². The Morgan fingerprint density at radius 2 is 2.19 bits per heavy atom. The summed E-state index contributed by atoms with van der Waals surface area (Å²) in [5.41, 5.74) is 1.97. The van der Waals surface area contributed by atoms with Gasteiger partial charge in [-0.25, -0.2) is 9.37 Å². The highest BCUT2D eigenvalue weighted by Gasteiger charge is 2.61. The average Bonchev–Trinajstić information content (AvgIpc) is 3.17. The minimum atomic E-state index is -0.274. The van der Waals surface area contributed by atoms with Crippen LogP contribution in [0.5, 0.6) is 0 Å². The Hall–Kier alpha value is -1.75. The van der Waals surface area contributed by atoms with Gasteiger partial charge in [0.25, 0.3) is 0 Å². The second-order valence-electron chi connectivity index (χ2n) is 8.56. The van der Waals surface area contributed by atoms with Crippen LogP contribution in [-0.4, -0.2) is 16.9 Å². The maximum Gasteiger partial charge on any atom is 0.226 e. The molecule has 1 amide bonds. The molecule has 5 heteroatoms. The first-order valence-electron chi connectivity index (χ1n) is 9.29. The molecule has 26 heavy (non-hydrogen) atoms. The Kier molecular flexibility index (Phi) is 4.18. The van der Waals surface area contributed by atoms with Crippen LogP contribution in [0, 0.1) is 22.6 Å². The molecule has 0 radical (unpaired) electrons. The smallest absolute Gasteiger partial charge is 0.226 e. The van der Waals surface area contributed by atoms with Gasteiger partial charge in [0.15, 0.2) is 0 Å². The molecule has 2 aliphatic carbocycles. The summed E-state index contributed by atoms with van der Waals surface area (Å²) in [5.74, 6) is 0.469. The Bertz CT molecular complexity index is 846. The van der Waals surface area contributed by atoms with Crippen LogP contribution >= 0.6 is 11.3 Å². The summed E-state index contributed by atoms with van der Waals surface area (Å²) in [7, 11) is 0. The molecular weight excluding hydrogens is 347 g/mol. The lowest BCUT2D eigenvalue weighted by Crippen LogP contribution is -2.47. The largest absolute Gasteiger partial charge is 0.352 e. The third kappa shape index (κ3) is 2.77. The van der Waals surface area contributed by atoms with Gasteiger partial charge < -0.3 is 5.32 Å². The summed E-state index contributed by atoms with van der Waals surface area (Å²) in [5, 5.41) is 5.92. The van der Waals surface area contributed by atoms with E-state index in [1.165, 1.54) is 36.3 Å². The normalized spacial score (nSPS) is 29.1. The molecule has 1 heterocycles. The zero-order chi connectivity index (χ0) is 18.5. The Morgan fingerprint density at radius 1 is 1.38 bits per heavy atom. The third-order valence-corrected chi connectivity index (χ3v) is 8.03. The molecule has 3 unspecified atom stereocenters. The standard InChI is InChI=1S/C21H25FN2OS/c1-20(2)14-7-8-21(20,3)17(10-14)24-18(25)11-16-12-26-19(23-16)13-5-4-6-15(22)9-13/h4-6,9,12,14,17H,7-8,10-11H2,1-3H3,(H,24,25). The Labute approximate surface area is 158 Å². The molecule has 4 rings (SSSR count). The van der Waals surface area contributed by atoms with E-state index in [9.17, 15) is 9.18 Å². The number of thiazole rings is 1. The van der Waals surface area contributed by atoms with E-state index < -0.39 is 0 Å². The van der Waals surface area contributed by atoms with E-state index in [1.54, 1.807) is 6.07 Å². The first-order chi connectivity index (χ1) is 12.3. The zero-order valence-electron chi connectivity index (χ0n) is 15.5. The maximum atomic E-state index is 13.4. The number of rotatable bonds is 4. The molecule has 3 atom stereocenters. The molecule has 2 aliphatic rings. The van der Waals surface area contributed by atoms with E-state index in [0.29, 0.717) is 5.92 Å². The molecule has 2 aromatic rings. The lowest BCUT2D eigenvalue weighted by molar-refractivity contribution is -0.122. The van der Waals surface area contributed by atoms with Crippen molar-refractivity contribution >= 4 is 17.2 Å². The second-order valence-corrected chi connectivity index (χ2v) is 9.42. The van der Waals surface area contributed by atoms with Crippen LogP contribution < -0.4 is 5.32 Å². The van der Waals surface area contributed by atoms with Gasteiger partial charge in [-0.15, -0.1) is 11.3 Å².